The van der Waals surface area contributed by atoms with Gasteiger partial charge >= 0.3 is 5.97 Å². The molecule has 0 radical (unpaired) electrons. The van der Waals surface area contributed by atoms with Crippen molar-refractivity contribution >= 4 is 38.4 Å². The van der Waals surface area contributed by atoms with E-state index in [0.717, 1.165) is 18.4 Å². The van der Waals surface area contributed by atoms with Gasteiger partial charge in [0.05, 0.1) is 16.2 Å². The molecule has 160 valence electrons. The first kappa shape index (κ1) is 21.2. The average molecular weight is 458 g/mol. The highest BCUT2D eigenvalue weighted by atomic mass is 32.2. The molecule has 1 aliphatic heterocycles. The molecule has 0 saturated carbocycles. The number of carboxylic acids is 1. The minimum Gasteiger partial charge on any atom is -0.478 e. The minimum absolute atomic E-state index is 0.173. The highest BCUT2D eigenvalue weighted by Gasteiger charge is 2.27. The van der Waals surface area contributed by atoms with Gasteiger partial charge in [-0.25, -0.2) is 18.2 Å². The van der Waals surface area contributed by atoms with Crippen LogP contribution in [-0.2, 0) is 10.0 Å². The summed E-state index contributed by atoms with van der Waals surface area (Å²) >= 11 is 1.24. The summed E-state index contributed by atoms with van der Waals surface area (Å²) in [5, 5.41) is 13.8. The lowest BCUT2D eigenvalue weighted by atomic mass is 10.1. The maximum atomic E-state index is 12.6. The van der Waals surface area contributed by atoms with E-state index in [9.17, 15) is 18.0 Å². The molecule has 10 heteroatoms. The molecule has 2 heterocycles. The minimum atomic E-state index is -3.52. The normalized spacial score (nSPS) is 14.5. The smallest absolute Gasteiger partial charge is 0.335 e. The Balaban J connectivity index is 1.44. The Morgan fingerprint density at radius 1 is 0.968 bits per heavy atom. The molecule has 31 heavy (non-hydrogen) atoms. The van der Waals surface area contributed by atoms with Crippen LogP contribution in [0.3, 0.4) is 0 Å². The number of anilines is 1. The fraction of sp³-hybridized carbons (Fsp3) is 0.190. The summed E-state index contributed by atoms with van der Waals surface area (Å²) < 4.78 is 26.6. The Morgan fingerprint density at radius 3 is 2.19 bits per heavy atom. The molecule has 0 spiro atoms. The van der Waals surface area contributed by atoms with Gasteiger partial charge in [0.25, 0.3) is 5.91 Å². The second-order valence-corrected chi connectivity index (χ2v) is 9.81. The highest BCUT2D eigenvalue weighted by Crippen LogP contribution is 2.26. The quantitative estimate of drug-likeness (QED) is 0.585. The number of carbonyl (C=O) groups excluding carboxylic acids is 1. The third-order valence-electron chi connectivity index (χ3n) is 4.97. The van der Waals surface area contributed by atoms with Gasteiger partial charge in [-0.15, -0.1) is 11.3 Å². The first-order valence-corrected chi connectivity index (χ1v) is 11.9. The van der Waals surface area contributed by atoms with E-state index in [0.29, 0.717) is 29.5 Å². The second-order valence-electron chi connectivity index (χ2n) is 7.01. The maximum Gasteiger partial charge on any atom is 0.335 e. The number of carboxylic acid groups (broad SMARTS) is 1. The molecule has 0 aliphatic carbocycles. The third kappa shape index (κ3) is 4.50. The standard InChI is InChI=1S/C21H19N3O5S2/c25-19(15-7-9-17(10-8-15)31(28,29)24-11-1-2-12-24)23-21-22-18(13-30-21)14-3-5-16(6-4-14)20(26)27/h3-10,13H,1-2,11-12H2,(H,26,27)(H,22,23,25). The number of hydrogen-bond donors (Lipinski definition) is 2. The number of sulfonamides is 1. The zero-order chi connectivity index (χ0) is 22.0. The number of aromatic nitrogens is 1. The van der Waals surface area contributed by atoms with E-state index in [4.69, 9.17) is 5.11 Å². The topological polar surface area (TPSA) is 117 Å². The van der Waals surface area contributed by atoms with Crippen LogP contribution in [0.5, 0.6) is 0 Å². The summed E-state index contributed by atoms with van der Waals surface area (Å²) in [4.78, 5) is 28.0. The summed E-state index contributed by atoms with van der Waals surface area (Å²) in [6.45, 7) is 1.05. The van der Waals surface area contributed by atoms with E-state index in [-0.39, 0.29) is 10.5 Å². The summed E-state index contributed by atoms with van der Waals surface area (Å²) in [5.41, 5.74) is 1.85. The van der Waals surface area contributed by atoms with Crippen LogP contribution in [0.25, 0.3) is 11.3 Å². The summed E-state index contributed by atoms with van der Waals surface area (Å²) in [5.74, 6) is -1.40. The molecule has 0 atom stereocenters. The third-order valence-corrected chi connectivity index (χ3v) is 7.64. The van der Waals surface area contributed by atoms with Gasteiger partial charge in [-0.2, -0.15) is 4.31 Å². The monoisotopic (exact) mass is 457 g/mol. The van der Waals surface area contributed by atoms with E-state index in [1.54, 1.807) is 17.5 Å². The van der Waals surface area contributed by atoms with Crippen LogP contribution in [0.1, 0.15) is 33.6 Å². The van der Waals surface area contributed by atoms with E-state index < -0.39 is 21.9 Å². The molecule has 4 rings (SSSR count). The van der Waals surface area contributed by atoms with Crippen LogP contribution in [-0.4, -0.2) is 47.8 Å². The van der Waals surface area contributed by atoms with Crippen LogP contribution in [0.15, 0.2) is 58.8 Å². The largest absolute Gasteiger partial charge is 0.478 e. The van der Waals surface area contributed by atoms with Gasteiger partial charge in [-0.1, -0.05) is 12.1 Å². The van der Waals surface area contributed by atoms with Crippen molar-refractivity contribution in [2.75, 3.05) is 18.4 Å². The van der Waals surface area contributed by atoms with Crippen molar-refractivity contribution in [2.45, 2.75) is 17.7 Å². The number of aromatic carboxylic acids is 1. The molecule has 1 amide bonds. The van der Waals surface area contributed by atoms with E-state index in [1.807, 2.05) is 0 Å². The van der Waals surface area contributed by atoms with Gasteiger partial charge in [-0.3, -0.25) is 10.1 Å². The molecule has 1 aromatic heterocycles. The van der Waals surface area contributed by atoms with Crippen molar-refractivity contribution in [1.29, 1.82) is 0 Å². The number of nitrogens with zero attached hydrogens (tertiary/aromatic N) is 2. The van der Waals surface area contributed by atoms with Gasteiger partial charge in [0.1, 0.15) is 0 Å². The Bertz CT molecular complexity index is 1210. The molecular weight excluding hydrogens is 438 g/mol. The zero-order valence-corrected chi connectivity index (χ0v) is 17.9. The maximum absolute atomic E-state index is 12.6. The predicted octanol–water partition coefficient (Wildman–Crippen LogP) is 3.55. The SMILES string of the molecule is O=C(O)c1ccc(-c2csc(NC(=O)c3ccc(S(=O)(=O)N4CCCC4)cc3)n2)cc1. The van der Waals surface area contributed by atoms with E-state index >= 15 is 0 Å². The Hall–Kier alpha value is -3.08. The number of carbonyl (C=O) groups is 2. The zero-order valence-electron chi connectivity index (χ0n) is 16.3. The Morgan fingerprint density at radius 2 is 1.58 bits per heavy atom. The van der Waals surface area contributed by atoms with Crippen molar-refractivity contribution in [3.8, 4) is 11.3 Å². The van der Waals surface area contributed by atoms with Gasteiger partial charge in [0.2, 0.25) is 10.0 Å². The lowest BCUT2D eigenvalue weighted by Crippen LogP contribution is -2.27. The Labute approximate surface area is 183 Å². The van der Waals surface area contributed by atoms with Crippen molar-refractivity contribution in [3.63, 3.8) is 0 Å². The number of amides is 1. The molecule has 8 nitrogen and oxygen atoms in total. The van der Waals surface area contributed by atoms with E-state index in [1.165, 1.54) is 52.0 Å². The van der Waals surface area contributed by atoms with Gasteiger partial charge < -0.3 is 5.11 Å². The second kappa shape index (κ2) is 8.58. The lowest BCUT2D eigenvalue weighted by Gasteiger charge is -2.15. The van der Waals surface area contributed by atoms with Crippen LogP contribution in [0.2, 0.25) is 0 Å². The summed E-state index contributed by atoms with van der Waals surface area (Å²) in [7, 11) is -3.52. The fourth-order valence-electron chi connectivity index (χ4n) is 3.27. The molecule has 3 aromatic rings. The fourth-order valence-corrected chi connectivity index (χ4v) is 5.50. The molecule has 0 unspecified atom stereocenters. The molecule has 2 aromatic carbocycles. The van der Waals surface area contributed by atoms with Crippen LogP contribution in [0, 0.1) is 0 Å². The van der Waals surface area contributed by atoms with E-state index in [2.05, 4.69) is 10.3 Å². The van der Waals surface area contributed by atoms with Crippen LogP contribution in [0.4, 0.5) is 5.13 Å². The number of thiazole rings is 1. The highest BCUT2D eigenvalue weighted by molar-refractivity contribution is 7.89. The van der Waals surface area contributed by atoms with Gasteiger partial charge in [-0.05, 0) is 49.2 Å². The summed E-state index contributed by atoms with van der Waals surface area (Å²) in [6.07, 6.45) is 1.72. The van der Waals surface area contributed by atoms with Crippen molar-refractivity contribution in [2.24, 2.45) is 0 Å². The van der Waals surface area contributed by atoms with Crippen LogP contribution >= 0.6 is 11.3 Å². The predicted molar refractivity (Wildman–Crippen MR) is 117 cm³/mol. The molecule has 1 aliphatic rings. The van der Waals surface area contributed by atoms with Gasteiger partial charge in [0, 0.05) is 29.6 Å². The van der Waals surface area contributed by atoms with Crippen molar-refractivity contribution in [3.05, 3.63) is 65.0 Å². The number of hydrogen-bond acceptors (Lipinski definition) is 6. The number of benzene rings is 2. The Kier molecular flexibility index (Phi) is 5.86. The molecular formula is C21H19N3O5S2. The lowest BCUT2D eigenvalue weighted by molar-refractivity contribution is 0.0696. The average Bonchev–Trinajstić information content (AvgIpc) is 3.47. The number of rotatable bonds is 6. The number of nitrogens with one attached hydrogen (secondary N) is 1. The van der Waals surface area contributed by atoms with Crippen LogP contribution < -0.4 is 5.32 Å². The van der Waals surface area contributed by atoms with Gasteiger partial charge in [0.15, 0.2) is 5.13 Å². The summed E-state index contributed by atoms with van der Waals surface area (Å²) in [6, 6.07) is 12.2. The first-order valence-electron chi connectivity index (χ1n) is 9.55. The van der Waals surface area contributed by atoms with Crippen molar-refractivity contribution < 1.29 is 23.1 Å². The molecule has 1 saturated heterocycles. The molecule has 2 N–H and O–H groups in total. The first-order chi connectivity index (χ1) is 14.8. The van der Waals surface area contributed by atoms with Crippen molar-refractivity contribution in [1.82, 2.24) is 9.29 Å². The molecule has 0 bridgehead atoms. The molecule has 1 fully saturated rings.